The second kappa shape index (κ2) is 7.17. The second-order valence-electron chi connectivity index (χ2n) is 7.32. The highest BCUT2D eigenvalue weighted by Crippen LogP contribution is 2.21. The number of sulfonamides is 1. The van der Waals surface area contributed by atoms with Crippen LogP contribution in [-0.2, 0) is 14.8 Å². The highest BCUT2D eigenvalue weighted by molar-refractivity contribution is 7.89. The van der Waals surface area contributed by atoms with Crippen LogP contribution in [-0.4, -0.2) is 66.6 Å². The van der Waals surface area contributed by atoms with Gasteiger partial charge < -0.3 is 15.2 Å². The Morgan fingerprint density at radius 3 is 2.44 bits per heavy atom. The van der Waals surface area contributed by atoms with Crippen molar-refractivity contribution in [2.24, 2.45) is 0 Å². The summed E-state index contributed by atoms with van der Waals surface area (Å²) in [6, 6.07) is 1.33. The zero-order valence-electron chi connectivity index (χ0n) is 15.1. The molecule has 1 saturated heterocycles. The molecule has 1 aromatic rings. The number of aromatic nitrogens is 1. The number of hydrogen-bond acceptors (Lipinski definition) is 4. The van der Waals surface area contributed by atoms with Gasteiger partial charge >= 0.3 is 0 Å². The van der Waals surface area contributed by atoms with Crippen molar-refractivity contribution in [1.29, 1.82) is 0 Å². The van der Waals surface area contributed by atoms with Crippen molar-refractivity contribution in [3.8, 4) is 0 Å². The lowest BCUT2D eigenvalue weighted by molar-refractivity contribution is -0.122. The molecule has 0 saturated carbocycles. The molecule has 1 aliphatic rings. The average Bonchev–Trinajstić information content (AvgIpc) is 3.16. The van der Waals surface area contributed by atoms with E-state index in [9.17, 15) is 18.0 Å². The first-order chi connectivity index (χ1) is 11.5. The highest BCUT2D eigenvalue weighted by Gasteiger charge is 2.29. The number of H-pyrrole nitrogens is 1. The molecule has 0 aromatic carbocycles. The van der Waals surface area contributed by atoms with Gasteiger partial charge in [-0.05, 0) is 39.7 Å². The number of nitrogens with one attached hydrogen (secondary N) is 2. The quantitative estimate of drug-likeness (QED) is 0.800. The number of carbonyl (C=O) groups excluding carboxylic acids is 2. The first kappa shape index (κ1) is 19.5. The molecule has 8 nitrogen and oxygen atoms in total. The molecule has 0 spiro atoms. The number of nitrogens with zero attached hydrogens (tertiary/aromatic N) is 2. The molecule has 0 unspecified atom stereocenters. The topological polar surface area (TPSA) is 103 Å². The highest BCUT2D eigenvalue weighted by atomic mass is 32.2. The van der Waals surface area contributed by atoms with Crippen molar-refractivity contribution in [2.45, 2.75) is 44.0 Å². The smallest absolute Gasteiger partial charge is 0.270 e. The van der Waals surface area contributed by atoms with Gasteiger partial charge in [0, 0.05) is 31.9 Å². The minimum atomic E-state index is -3.57. The lowest BCUT2D eigenvalue weighted by Gasteiger charge is -2.23. The molecule has 0 radical (unpaired) electrons. The van der Waals surface area contributed by atoms with E-state index in [2.05, 4.69) is 10.3 Å². The van der Waals surface area contributed by atoms with E-state index in [4.69, 9.17) is 0 Å². The predicted molar refractivity (Wildman–Crippen MR) is 93.6 cm³/mol. The Labute approximate surface area is 148 Å². The normalized spacial score (nSPS) is 16.0. The van der Waals surface area contributed by atoms with Crippen molar-refractivity contribution in [1.82, 2.24) is 19.5 Å². The summed E-state index contributed by atoms with van der Waals surface area (Å²) in [4.78, 5) is 28.4. The maximum absolute atomic E-state index is 12.5. The maximum atomic E-state index is 12.5. The molecule has 0 aliphatic carbocycles. The summed E-state index contributed by atoms with van der Waals surface area (Å²) in [5.41, 5.74) is -0.242. The van der Waals surface area contributed by atoms with Crippen LogP contribution in [0.15, 0.2) is 17.2 Å². The first-order valence-corrected chi connectivity index (χ1v) is 9.70. The van der Waals surface area contributed by atoms with Crippen LogP contribution in [0.25, 0.3) is 0 Å². The van der Waals surface area contributed by atoms with Crippen LogP contribution >= 0.6 is 0 Å². The Morgan fingerprint density at radius 1 is 1.28 bits per heavy atom. The van der Waals surface area contributed by atoms with Crippen molar-refractivity contribution in [3.05, 3.63) is 18.0 Å². The van der Waals surface area contributed by atoms with Gasteiger partial charge in [0.05, 0.1) is 6.54 Å². The van der Waals surface area contributed by atoms with Crippen LogP contribution in [0.4, 0.5) is 0 Å². The predicted octanol–water partition coefficient (Wildman–Crippen LogP) is 0.786. The summed E-state index contributed by atoms with van der Waals surface area (Å²) < 4.78 is 26.4. The molecule has 1 aromatic heterocycles. The van der Waals surface area contributed by atoms with E-state index in [0.717, 1.165) is 12.8 Å². The second-order valence-corrected chi connectivity index (χ2v) is 9.26. The van der Waals surface area contributed by atoms with Crippen molar-refractivity contribution < 1.29 is 18.0 Å². The number of aromatic amines is 1. The molecular formula is C16H26N4O4S. The van der Waals surface area contributed by atoms with E-state index in [1.54, 1.807) is 0 Å². The monoisotopic (exact) mass is 370 g/mol. The lowest BCUT2D eigenvalue weighted by atomic mass is 10.1. The maximum Gasteiger partial charge on any atom is 0.270 e. The summed E-state index contributed by atoms with van der Waals surface area (Å²) in [5.74, 6) is -0.716. The molecule has 9 heteroatoms. The fourth-order valence-electron chi connectivity index (χ4n) is 2.68. The number of amides is 2. The average molecular weight is 370 g/mol. The SMILES string of the molecule is CN(CC(=O)NC(C)(C)C)C(=O)c1cc(S(=O)(=O)N2CCCC2)c[nH]1. The van der Waals surface area contributed by atoms with E-state index >= 15 is 0 Å². The Bertz CT molecular complexity index is 742. The molecular weight excluding hydrogens is 344 g/mol. The van der Waals surface area contributed by atoms with E-state index in [1.807, 2.05) is 20.8 Å². The minimum Gasteiger partial charge on any atom is -0.356 e. The van der Waals surface area contributed by atoms with E-state index in [1.165, 1.54) is 28.5 Å². The molecule has 25 heavy (non-hydrogen) atoms. The summed E-state index contributed by atoms with van der Waals surface area (Å²) >= 11 is 0. The zero-order valence-corrected chi connectivity index (χ0v) is 15.9. The molecule has 0 bridgehead atoms. The van der Waals surface area contributed by atoms with Gasteiger partial charge in [0.2, 0.25) is 15.9 Å². The third kappa shape index (κ3) is 4.82. The summed E-state index contributed by atoms with van der Waals surface area (Å²) in [6.45, 7) is 6.46. The Morgan fingerprint density at radius 2 is 1.88 bits per heavy atom. The van der Waals surface area contributed by atoms with Gasteiger partial charge in [0.25, 0.3) is 5.91 Å². The van der Waals surface area contributed by atoms with E-state index < -0.39 is 15.9 Å². The van der Waals surface area contributed by atoms with Gasteiger partial charge in [0.1, 0.15) is 10.6 Å². The van der Waals surface area contributed by atoms with Crippen LogP contribution < -0.4 is 5.32 Å². The number of likely N-dealkylation sites (N-methyl/N-ethyl adjacent to an activating group) is 1. The summed E-state index contributed by atoms with van der Waals surface area (Å²) in [5, 5.41) is 2.78. The Balaban J connectivity index is 2.05. The van der Waals surface area contributed by atoms with Gasteiger partial charge in [0.15, 0.2) is 0 Å². The summed E-state index contributed by atoms with van der Waals surface area (Å²) in [6.07, 6.45) is 3.02. The van der Waals surface area contributed by atoms with Gasteiger partial charge in [-0.1, -0.05) is 0 Å². The molecule has 1 fully saturated rings. The number of carbonyl (C=O) groups is 2. The Kier molecular flexibility index (Phi) is 5.58. The summed E-state index contributed by atoms with van der Waals surface area (Å²) in [7, 11) is -2.07. The standard InChI is InChI=1S/C16H26N4O4S/c1-16(2,3)18-14(21)11-19(4)15(22)13-9-12(10-17-13)25(23,24)20-7-5-6-8-20/h9-10,17H,5-8,11H2,1-4H3,(H,18,21). The van der Waals surface area contributed by atoms with Crippen LogP contribution in [0.1, 0.15) is 44.1 Å². The van der Waals surface area contributed by atoms with Gasteiger partial charge in [-0.25, -0.2) is 8.42 Å². The Hall–Kier alpha value is -1.87. The van der Waals surface area contributed by atoms with Gasteiger partial charge in [-0.2, -0.15) is 4.31 Å². The zero-order chi connectivity index (χ0) is 18.8. The molecule has 1 aliphatic heterocycles. The van der Waals surface area contributed by atoms with Crippen molar-refractivity contribution in [3.63, 3.8) is 0 Å². The molecule has 2 rings (SSSR count). The number of hydrogen-bond donors (Lipinski definition) is 2. The fraction of sp³-hybridized carbons (Fsp3) is 0.625. The minimum absolute atomic E-state index is 0.0743. The molecule has 2 N–H and O–H groups in total. The van der Waals surface area contributed by atoms with Gasteiger partial charge in [-0.15, -0.1) is 0 Å². The molecule has 0 atom stereocenters. The van der Waals surface area contributed by atoms with Crippen LogP contribution in [0, 0.1) is 0 Å². The number of rotatable bonds is 5. The van der Waals surface area contributed by atoms with Crippen molar-refractivity contribution in [2.75, 3.05) is 26.7 Å². The lowest BCUT2D eigenvalue weighted by Crippen LogP contribution is -2.46. The van der Waals surface area contributed by atoms with Crippen molar-refractivity contribution >= 4 is 21.8 Å². The molecule has 2 amide bonds. The fourth-order valence-corrected chi connectivity index (χ4v) is 4.19. The van der Waals surface area contributed by atoms with E-state index in [-0.39, 0.29) is 28.6 Å². The molecule has 2 heterocycles. The largest absolute Gasteiger partial charge is 0.356 e. The third-order valence-corrected chi connectivity index (χ3v) is 5.71. The molecule has 140 valence electrons. The third-order valence-electron chi connectivity index (χ3n) is 3.83. The first-order valence-electron chi connectivity index (χ1n) is 8.26. The van der Waals surface area contributed by atoms with Gasteiger partial charge in [-0.3, -0.25) is 9.59 Å². The van der Waals surface area contributed by atoms with Crippen LogP contribution in [0.2, 0.25) is 0 Å². The van der Waals surface area contributed by atoms with Crippen LogP contribution in [0.3, 0.4) is 0 Å². The van der Waals surface area contributed by atoms with Crippen LogP contribution in [0.5, 0.6) is 0 Å². The van der Waals surface area contributed by atoms with E-state index in [0.29, 0.717) is 13.1 Å².